The van der Waals surface area contributed by atoms with Crippen molar-refractivity contribution in [2.45, 2.75) is 64.6 Å². The molecule has 0 spiro atoms. The first-order valence-corrected chi connectivity index (χ1v) is 5.16. The van der Waals surface area contributed by atoms with Gasteiger partial charge in [-0.15, -0.1) is 0 Å². The molecule has 1 aliphatic heterocycles. The van der Waals surface area contributed by atoms with E-state index in [1.807, 2.05) is 32.6 Å². The largest absolute Gasteiger partial charge is 0.393 e. The van der Waals surface area contributed by atoms with Gasteiger partial charge in [0.15, 0.2) is 0 Å². The lowest BCUT2D eigenvalue weighted by Crippen LogP contribution is -2.63. The first kappa shape index (κ1) is 11.5. The number of piperidine rings is 1. The molecule has 0 aromatic carbocycles. The highest BCUT2D eigenvalue weighted by atomic mass is 16.3. The lowest BCUT2D eigenvalue weighted by Gasteiger charge is -2.54. The van der Waals surface area contributed by atoms with Crippen molar-refractivity contribution in [3.05, 3.63) is 0 Å². The van der Waals surface area contributed by atoms with Crippen LogP contribution in [0.1, 0.15) is 47.5 Å². The molecule has 1 fully saturated rings. The average Bonchev–Trinajstić information content (AvgIpc) is 1.75. The maximum Gasteiger partial charge on any atom is 0.220 e. The van der Waals surface area contributed by atoms with Gasteiger partial charge in [0.05, 0.1) is 6.10 Å². The fourth-order valence-electron chi connectivity index (χ4n) is 3.08. The molecule has 82 valence electrons. The Morgan fingerprint density at radius 3 is 1.86 bits per heavy atom. The molecular weight excluding hydrogens is 178 g/mol. The average molecular weight is 199 g/mol. The second-order valence-electron chi connectivity index (χ2n) is 5.54. The lowest BCUT2D eigenvalue weighted by molar-refractivity contribution is -0.152. The van der Waals surface area contributed by atoms with Crippen molar-refractivity contribution < 1.29 is 9.90 Å². The number of aliphatic hydroxyl groups is 1. The van der Waals surface area contributed by atoms with Gasteiger partial charge >= 0.3 is 0 Å². The summed E-state index contributed by atoms with van der Waals surface area (Å²) >= 11 is 0. The number of carbonyl (C=O) groups is 1. The summed E-state index contributed by atoms with van der Waals surface area (Å²) in [6.07, 6.45) is 1.03. The Bertz CT molecular complexity index is 228. The summed E-state index contributed by atoms with van der Waals surface area (Å²) in [6.45, 7) is 9.65. The molecule has 0 atom stereocenters. The lowest BCUT2D eigenvalue weighted by atomic mass is 9.78. The number of rotatable bonds is 0. The minimum absolute atomic E-state index is 0.0897. The number of likely N-dealkylation sites (tertiary alicyclic amines) is 1. The summed E-state index contributed by atoms with van der Waals surface area (Å²) in [5.41, 5.74) is -0.486. The highest BCUT2D eigenvalue weighted by Crippen LogP contribution is 2.38. The van der Waals surface area contributed by atoms with Crippen LogP contribution >= 0.6 is 0 Å². The van der Waals surface area contributed by atoms with Crippen molar-refractivity contribution in [1.29, 1.82) is 0 Å². The van der Waals surface area contributed by atoms with Crippen molar-refractivity contribution in [3.63, 3.8) is 0 Å². The van der Waals surface area contributed by atoms with E-state index >= 15 is 0 Å². The van der Waals surface area contributed by atoms with Gasteiger partial charge in [0.1, 0.15) is 0 Å². The van der Waals surface area contributed by atoms with Gasteiger partial charge in [-0.3, -0.25) is 4.79 Å². The fourth-order valence-corrected chi connectivity index (χ4v) is 3.08. The second kappa shape index (κ2) is 3.23. The van der Waals surface area contributed by atoms with Crippen LogP contribution in [0.25, 0.3) is 0 Å². The Morgan fingerprint density at radius 2 is 1.57 bits per heavy atom. The minimum Gasteiger partial charge on any atom is -0.393 e. The summed E-state index contributed by atoms with van der Waals surface area (Å²) in [5.74, 6) is 0.0897. The monoisotopic (exact) mass is 199 g/mol. The van der Waals surface area contributed by atoms with Gasteiger partial charge in [0.2, 0.25) is 5.91 Å². The number of hydrogen-bond acceptors (Lipinski definition) is 2. The third kappa shape index (κ3) is 1.92. The molecule has 0 aromatic rings. The van der Waals surface area contributed by atoms with Crippen LogP contribution in [0.2, 0.25) is 0 Å². The molecule has 3 heteroatoms. The van der Waals surface area contributed by atoms with E-state index in [4.69, 9.17) is 0 Å². The van der Waals surface area contributed by atoms with Gasteiger partial charge in [0.25, 0.3) is 0 Å². The normalized spacial score (nSPS) is 26.3. The van der Waals surface area contributed by atoms with Crippen molar-refractivity contribution in [2.24, 2.45) is 0 Å². The molecule has 1 rings (SSSR count). The molecule has 0 aliphatic carbocycles. The predicted octanol–water partition coefficient (Wildman–Crippen LogP) is 1.55. The number of amides is 1. The van der Waals surface area contributed by atoms with E-state index in [2.05, 4.69) is 0 Å². The minimum atomic E-state index is -0.296. The molecule has 14 heavy (non-hydrogen) atoms. The molecule has 0 unspecified atom stereocenters. The molecule has 1 heterocycles. The molecule has 3 nitrogen and oxygen atoms in total. The molecule has 1 aliphatic rings. The Kier molecular flexibility index (Phi) is 2.65. The van der Waals surface area contributed by atoms with Crippen LogP contribution in [0.3, 0.4) is 0 Å². The van der Waals surface area contributed by atoms with Gasteiger partial charge in [-0.1, -0.05) is 0 Å². The highest BCUT2D eigenvalue weighted by molar-refractivity contribution is 5.75. The van der Waals surface area contributed by atoms with Crippen molar-refractivity contribution in [1.82, 2.24) is 4.90 Å². The third-order valence-electron chi connectivity index (χ3n) is 3.00. The van der Waals surface area contributed by atoms with Crippen LogP contribution in [-0.2, 0) is 4.79 Å². The summed E-state index contributed by atoms with van der Waals surface area (Å²) in [7, 11) is 0. The zero-order valence-electron chi connectivity index (χ0n) is 9.79. The van der Waals surface area contributed by atoms with Crippen LogP contribution in [-0.4, -0.2) is 33.1 Å². The highest BCUT2D eigenvalue weighted by Gasteiger charge is 2.46. The third-order valence-corrected chi connectivity index (χ3v) is 3.00. The molecule has 0 bridgehead atoms. The van der Waals surface area contributed by atoms with Crippen LogP contribution in [0.15, 0.2) is 0 Å². The van der Waals surface area contributed by atoms with Crippen molar-refractivity contribution in [2.75, 3.05) is 0 Å². The standard InChI is InChI=1S/C11H21NO2/c1-8(13)12-10(2,3)6-9(14)7-11(12,4)5/h9,14H,6-7H2,1-5H3. The van der Waals surface area contributed by atoms with E-state index in [9.17, 15) is 9.90 Å². The first-order chi connectivity index (χ1) is 6.17. The number of hydrogen-bond donors (Lipinski definition) is 1. The number of nitrogens with zero attached hydrogens (tertiary/aromatic N) is 1. The van der Waals surface area contributed by atoms with Crippen LogP contribution in [0.4, 0.5) is 0 Å². The van der Waals surface area contributed by atoms with Gasteiger partial charge in [0, 0.05) is 18.0 Å². The molecule has 0 radical (unpaired) electrons. The summed E-state index contributed by atoms with van der Waals surface area (Å²) in [5, 5.41) is 9.74. The number of carbonyl (C=O) groups excluding carboxylic acids is 1. The second-order valence-corrected chi connectivity index (χ2v) is 5.54. The quantitative estimate of drug-likeness (QED) is 0.643. The maximum atomic E-state index is 11.6. The van der Waals surface area contributed by atoms with Gasteiger partial charge in [-0.25, -0.2) is 0 Å². The Labute approximate surface area is 86.1 Å². The molecule has 0 aromatic heterocycles. The predicted molar refractivity (Wildman–Crippen MR) is 55.9 cm³/mol. The SMILES string of the molecule is CC(=O)N1C(C)(C)CC(O)CC1(C)C. The van der Waals surface area contributed by atoms with Gasteiger partial charge < -0.3 is 10.0 Å². The van der Waals surface area contributed by atoms with Gasteiger partial charge in [-0.05, 0) is 40.5 Å². The van der Waals surface area contributed by atoms with Crippen LogP contribution in [0.5, 0.6) is 0 Å². The van der Waals surface area contributed by atoms with Crippen molar-refractivity contribution >= 4 is 5.91 Å². The van der Waals surface area contributed by atoms with E-state index in [-0.39, 0.29) is 23.1 Å². The molecule has 1 N–H and O–H groups in total. The molecule has 0 saturated carbocycles. The van der Waals surface area contributed by atoms with Gasteiger partial charge in [-0.2, -0.15) is 0 Å². The Hall–Kier alpha value is -0.570. The van der Waals surface area contributed by atoms with E-state index in [1.165, 1.54) is 0 Å². The van der Waals surface area contributed by atoms with Crippen LogP contribution < -0.4 is 0 Å². The number of aliphatic hydroxyl groups excluding tert-OH is 1. The summed E-state index contributed by atoms with van der Waals surface area (Å²) < 4.78 is 0. The smallest absolute Gasteiger partial charge is 0.220 e. The summed E-state index contributed by atoms with van der Waals surface area (Å²) in [6, 6.07) is 0. The van der Waals surface area contributed by atoms with E-state index < -0.39 is 0 Å². The molecule has 1 amide bonds. The van der Waals surface area contributed by atoms with E-state index in [1.54, 1.807) is 6.92 Å². The maximum absolute atomic E-state index is 11.6. The Morgan fingerprint density at radius 1 is 1.21 bits per heavy atom. The topological polar surface area (TPSA) is 40.5 Å². The van der Waals surface area contributed by atoms with E-state index in [0.29, 0.717) is 12.8 Å². The van der Waals surface area contributed by atoms with E-state index in [0.717, 1.165) is 0 Å². The zero-order valence-corrected chi connectivity index (χ0v) is 9.79. The van der Waals surface area contributed by atoms with Crippen LogP contribution in [0, 0.1) is 0 Å². The molecular formula is C11H21NO2. The Balaban J connectivity index is 3.03. The zero-order chi connectivity index (χ0) is 11.1. The fraction of sp³-hybridized carbons (Fsp3) is 0.909. The summed E-state index contributed by atoms with van der Waals surface area (Å²) in [4.78, 5) is 13.5. The van der Waals surface area contributed by atoms with Crippen molar-refractivity contribution in [3.8, 4) is 0 Å². The molecule has 1 saturated heterocycles. The first-order valence-electron chi connectivity index (χ1n) is 5.16.